The summed E-state index contributed by atoms with van der Waals surface area (Å²) in [5.74, 6) is -1.02. The van der Waals surface area contributed by atoms with Gasteiger partial charge >= 0.3 is 6.18 Å². The molecule has 0 saturated heterocycles. The first kappa shape index (κ1) is 16.0. The third-order valence-corrected chi connectivity index (χ3v) is 3.09. The minimum atomic E-state index is -4.58. The SMILES string of the molecule is CCCNc1cc(SC(C)CO)nc(C(F)(F)F)n1. The number of aliphatic hydroxyl groups is 1. The van der Waals surface area contributed by atoms with Crippen LogP contribution in [-0.2, 0) is 6.18 Å². The summed E-state index contributed by atoms with van der Waals surface area (Å²) in [6.07, 6.45) is -3.80. The van der Waals surface area contributed by atoms with E-state index in [0.717, 1.165) is 18.2 Å². The molecule has 1 aromatic heterocycles. The van der Waals surface area contributed by atoms with E-state index in [9.17, 15) is 13.2 Å². The molecule has 1 rings (SSSR count). The molecule has 0 aliphatic heterocycles. The van der Waals surface area contributed by atoms with Gasteiger partial charge in [0.2, 0.25) is 5.82 Å². The van der Waals surface area contributed by atoms with Crippen LogP contribution in [0, 0.1) is 0 Å². The summed E-state index contributed by atoms with van der Waals surface area (Å²) in [4.78, 5) is 6.93. The third-order valence-electron chi connectivity index (χ3n) is 2.09. The quantitative estimate of drug-likeness (QED) is 0.624. The molecule has 0 amide bonds. The Bertz CT molecular complexity index is 415. The van der Waals surface area contributed by atoms with Gasteiger partial charge in [0.05, 0.1) is 6.61 Å². The van der Waals surface area contributed by atoms with Gasteiger partial charge in [0, 0.05) is 17.9 Å². The Balaban J connectivity index is 3.02. The number of anilines is 1. The average Bonchev–Trinajstić information content (AvgIpc) is 2.34. The lowest BCUT2D eigenvalue weighted by molar-refractivity contribution is -0.145. The molecular weight excluding hydrogens is 279 g/mol. The third kappa shape index (κ3) is 5.23. The van der Waals surface area contributed by atoms with Gasteiger partial charge in [0.1, 0.15) is 10.8 Å². The molecule has 1 heterocycles. The Morgan fingerprint density at radius 1 is 1.42 bits per heavy atom. The van der Waals surface area contributed by atoms with E-state index in [1.54, 1.807) is 6.92 Å². The minimum absolute atomic E-state index is 0.131. The highest BCUT2D eigenvalue weighted by atomic mass is 32.2. The van der Waals surface area contributed by atoms with E-state index >= 15 is 0 Å². The van der Waals surface area contributed by atoms with Gasteiger partial charge in [-0.3, -0.25) is 0 Å². The normalized spacial score (nSPS) is 13.4. The minimum Gasteiger partial charge on any atom is -0.395 e. The fraction of sp³-hybridized carbons (Fsp3) is 0.636. The summed E-state index contributed by atoms with van der Waals surface area (Å²) in [6.45, 7) is 4.02. The topological polar surface area (TPSA) is 58.0 Å². The number of hydrogen-bond acceptors (Lipinski definition) is 5. The lowest BCUT2D eigenvalue weighted by Crippen LogP contribution is -2.14. The number of aliphatic hydroxyl groups excluding tert-OH is 1. The van der Waals surface area contributed by atoms with Gasteiger partial charge in [-0.25, -0.2) is 9.97 Å². The molecule has 19 heavy (non-hydrogen) atoms. The first-order chi connectivity index (χ1) is 8.86. The van der Waals surface area contributed by atoms with Crippen LogP contribution in [0.25, 0.3) is 0 Å². The van der Waals surface area contributed by atoms with Crippen LogP contribution < -0.4 is 5.32 Å². The van der Waals surface area contributed by atoms with Crippen molar-refractivity contribution in [1.29, 1.82) is 0 Å². The highest BCUT2D eigenvalue weighted by Crippen LogP contribution is 2.30. The highest BCUT2D eigenvalue weighted by molar-refractivity contribution is 7.99. The number of alkyl halides is 3. The molecule has 0 spiro atoms. The van der Waals surface area contributed by atoms with Crippen molar-refractivity contribution in [1.82, 2.24) is 9.97 Å². The van der Waals surface area contributed by atoms with Gasteiger partial charge in [-0.1, -0.05) is 13.8 Å². The van der Waals surface area contributed by atoms with Crippen molar-refractivity contribution in [2.75, 3.05) is 18.5 Å². The highest BCUT2D eigenvalue weighted by Gasteiger charge is 2.35. The van der Waals surface area contributed by atoms with Crippen molar-refractivity contribution in [3.05, 3.63) is 11.9 Å². The van der Waals surface area contributed by atoms with E-state index in [4.69, 9.17) is 5.11 Å². The van der Waals surface area contributed by atoms with Crippen molar-refractivity contribution >= 4 is 17.6 Å². The molecule has 2 N–H and O–H groups in total. The average molecular weight is 295 g/mol. The van der Waals surface area contributed by atoms with E-state index in [1.807, 2.05) is 6.92 Å². The molecule has 0 aliphatic rings. The summed E-state index contributed by atoms with van der Waals surface area (Å²) in [5.41, 5.74) is 0. The van der Waals surface area contributed by atoms with Crippen molar-refractivity contribution in [2.24, 2.45) is 0 Å². The monoisotopic (exact) mass is 295 g/mol. The largest absolute Gasteiger partial charge is 0.451 e. The smallest absolute Gasteiger partial charge is 0.395 e. The number of nitrogens with one attached hydrogen (secondary N) is 1. The van der Waals surface area contributed by atoms with E-state index in [-0.39, 0.29) is 22.7 Å². The molecule has 0 saturated carbocycles. The Morgan fingerprint density at radius 3 is 2.63 bits per heavy atom. The van der Waals surface area contributed by atoms with E-state index in [2.05, 4.69) is 15.3 Å². The molecule has 0 aromatic carbocycles. The Labute approximate surface area is 113 Å². The molecule has 0 fully saturated rings. The number of nitrogens with zero attached hydrogens (tertiary/aromatic N) is 2. The summed E-state index contributed by atoms with van der Waals surface area (Å²) < 4.78 is 38.0. The van der Waals surface area contributed by atoms with Gasteiger partial charge in [-0.15, -0.1) is 11.8 Å². The molecule has 108 valence electrons. The number of rotatable bonds is 6. The van der Waals surface area contributed by atoms with Crippen LogP contribution in [0.5, 0.6) is 0 Å². The molecule has 1 atom stereocenters. The van der Waals surface area contributed by atoms with Gasteiger partial charge < -0.3 is 10.4 Å². The summed E-state index contributed by atoms with van der Waals surface area (Å²) in [5, 5.41) is 11.7. The first-order valence-corrected chi connectivity index (χ1v) is 6.72. The maximum absolute atomic E-state index is 12.7. The maximum atomic E-state index is 12.7. The van der Waals surface area contributed by atoms with Crippen LogP contribution in [0.2, 0.25) is 0 Å². The molecule has 1 unspecified atom stereocenters. The molecule has 8 heteroatoms. The molecule has 4 nitrogen and oxygen atoms in total. The Kier molecular flexibility index (Phi) is 5.86. The zero-order chi connectivity index (χ0) is 14.5. The number of halogens is 3. The summed E-state index contributed by atoms with van der Waals surface area (Å²) in [6, 6.07) is 1.46. The van der Waals surface area contributed by atoms with Crippen LogP contribution in [0.1, 0.15) is 26.1 Å². The zero-order valence-corrected chi connectivity index (χ0v) is 11.5. The van der Waals surface area contributed by atoms with E-state index < -0.39 is 12.0 Å². The van der Waals surface area contributed by atoms with Gasteiger partial charge in [-0.2, -0.15) is 13.2 Å². The van der Waals surface area contributed by atoms with Crippen molar-refractivity contribution in [3.8, 4) is 0 Å². The van der Waals surface area contributed by atoms with Crippen molar-refractivity contribution in [3.63, 3.8) is 0 Å². The molecule has 0 bridgehead atoms. The van der Waals surface area contributed by atoms with Crippen molar-refractivity contribution < 1.29 is 18.3 Å². The second-order valence-corrected chi connectivity index (χ2v) is 5.41. The standard InChI is InChI=1S/C11H16F3N3OS/c1-3-4-15-8-5-9(19-7(2)6-18)17-10(16-8)11(12,13)14/h5,7,18H,3-4,6H2,1-2H3,(H,15,16,17). The predicted octanol–water partition coefficient (Wildman–Crippen LogP) is 2.79. The summed E-state index contributed by atoms with van der Waals surface area (Å²) in [7, 11) is 0. The number of thioether (sulfide) groups is 1. The fourth-order valence-electron chi connectivity index (χ4n) is 1.20. The zero-order valence-electron chi connectivity index (χ0n) is 10.7. The number of aromatic nitrogens is 2. The van der Waals surface area contributed by atoms with Crippen LogP contribution in [0.4, 0.5) is 19.0 Å². The fourth-order valence-corrected chi connectivity index (χ4v) is 2.00. The second kappa shape index (κ2) is 6.95. The van der Waals surface area contributed by atoms with Gasteiger partial charge in [0.15, 0.2) is 0 Å². The van der Waals surface area contributed by atoms with Crippen LogP contribution in [0.3, 0.4) is 0 Å². The molecule has 1 aromatic rings. The van der Waals surface area contributed by atoms with E-state index in [0.29, 0.717) is 6.54 Å². The van der Waals surface area contributed by atoms with Crippen LogP contribution >= 0.6 is 11.8 Å². The molecule has 0 aliphatic carbocycles. The van der Waals surface area contributed by atoms with Crippen LogP contribution in [-0.4, -0.2) is 33.5 Å². The lowest BCUT2D eigenvalue weighted by atomic mass is 10.4. The van der Waals surface area contributed by atoms with Crippen LogP contribution in [0.15, 0.2) is 11.1 Å². The molecule has 0 radical (unpaired) electrons. The summed E-state index contributed by atoms with van der Waals surface area (Å²) >= 11 is 1.08. The second-order valence-electron chi connectivity index (χ2n) is 3.95. The Hall–Kier alpha value is -1.02. The molecular formula is C11H16F3N3OS. The lowest BCUT2D eigenvalue weighted by Gasteiger charge is -2.12. The van der Waals surface area contributed by atoms with Crippen molar-refractivity contribution in [2.45, 2.75) is 36.7 Å². The Morgan fingerprint density at radius 2 is 2.11 bits per heavy atom. The first-order valence-electron chi connectivity index (χ1n) is 5.84. The predicted molar refractivity (Wildman–Crippen MR) is 68.2 cm³/mol. The van der Waals surface area contributed by atoms with E-state index in [1.165, 1.54) is 6.07 Å². The van der Waals surface area contributed by atoms with Gasteiger partial charge in [0.25, 0.3) is 0 Å². The maximum Gasteiger partial charge on any atom is 0.451 e. The number of hydrogen-bond donors (Lipinski definition) is 2. The van der Waals surface area contributed by atoms with Gasteiger partial charge in [-0.05, 0) is 6.42 Å².